The highest BCUT2D eigenvalue weighted by atomic mass is 35.5. The number of hydrogen-bond acceptors (Lipinski definition) is 3. The lowest BCUT2D eigenvalue weighted by Crippen LogP contribution is -2.07. The maximum absolute atomic E-state index is 11.3. The summed E-state index contributed by atoms with van der Waals surface area (Å²) in [4.78, 5) is 11.3. The molecule has 2 N–H and O–H groups in total. The van der Waals surface area contributed by atoms with Crippen LogP contribution in [0.2, 0.25) is 5.02 Å². The molecule has 1 aromatic rings. The second kappa shape index (κ2) is 4.25. The summed E-state index contributed by atoms with van der Waals surface area (Å²) in [6.07, 6.45) is 0. The SMILES string of the molecule is COCC(=O)c1ccc(N)cc1Cl. The van der Waals surface area contributed by atoms with Gasteiger partial charge in [0.05, 0.1) is 5.02 Å². The average Bonchev–Trinajstić information content (AvgIpc) is 2.04. The molecule has 0 saturated carbocycles. The van der Waals surface area contributed by atoms with Crippen LogP contribution in [0.4, 0.5) is 5.69 Å². The summed E-state index contributed by atoms with van der Waals surface area (Å²) < 4.78 is 4.70. The van der Waals surface area contributed by atoms with Gasteiger partial charge in [-0.05, 0) is 18.2 Å². The summed E-state index contributed by atoms with van der Waals surface area (Å²) in [6, 6.07) is 4.78. The van der Waals surface area contributed by atoms with Gasteiger partial charge in [-0.3, -0.25) is 4.79 Å². The molecule has 0 atom stereocenters. The van der Waals surface area contributed by atoms with E-state index in [9.17, 15) is 4.79 Å². The van der Waals surface area contributed by atoms with Gasteiger partial charge in [-0.1, -0.05) is 11.6 Å². The van der Waals surface area contributed by atoms with Crippen molar-refractivity contribution in [3.05, 3.63) is 28.8 Å². The summed E-state index contributed by atoms with van der Waals surface area (Å²) in [5.74, 6) is -0.146. The fourth-order valence-corrected chi connectivity index (χ4v) is 1.26. The minimum atomic E-state index is -0.146. The molecular weight excluding hydrogens is 190 g/mol. The quantitative estimate of drug-likeness (QED) is 0.596. The fourth-order valence-electron chi connectivity index (χ4n) is 0.966. The number of ether oxygens (including phenoxy) is 1. The third kappa shape index (κ3) is 2.44. The minimum absolute atomic E-state index is 0.0314. The second-order valence-corrected chi connectivity index (χ2v) is 3.00. The van der Waals surface area contributed by atoms with Gasteiger partial charge in [0.25, 0.3) is 0 Å². The first-order valence-electron chi connectivity index (χ1n) is 3.72. The molecule has 70 valence electrons. The molecule has 0 aromatic heterocycles. The van der Waals surface area contributed by atoms with Crippen LogP contribution >= 0.6 is 11.6 Å². The Hall–Kier alpha value is -1.06. The number of anilines is 1. The number of benzene rings is 1. The third-order valence-corrected chi connectivity index (χ3v) is 1.88. The minimum Gasteiger partial charge on any atom is -0.399 e. The van der Waals surface area contributed by atoms with Crippen molar-refractivity contribution in [2.24, 2.45) is 0 Å². The van der Waals surface area contributed by atoms with E-state index in [1.807, 2.05) is 0 Å². The van der Waals surface area contributed by atoms with Gasteiger partial charge in [0.2, 0.25) is 0 Å². The molecule has 0 unspecified atom stereocenters. The highest BCUT2D eigenvalue weighted by Crippen LogP contribution is 2.19. The van der Waals surface area contributed by atoms with Crippen LogP contribution in [0.5, 0.6) is 0 Å². The van der Waals surface area contributed by atoms with Crippen LogP contribution in [0, 0.1) is 0 Å². The van der Waals surface area contributed by atoms with E-state index < -0.39 is 0 Å². The van der Waals surface area contributed by atoms with Crippen LogP contribution in [-0.2, 0) is 4.74 Å². The van der Waals surface area contributed by atoms with Crippen LogP contribution in [0.3, 0.4) is 0 Å². The van der Waals surface area contributed by atoms with E-state index in [1.165, 1.54) is 7.11 Å². The van der Waals surface area contributed by atoms with Gasteiger partial charge in [-0.25, -0.2) is 0 Å². The van der Waals surface area contributed by atoms with Crippen LogP contribution in [0.15, 0.2) is 18.2 Å². The molecule has 1 rings (SSSR count). The number of hydrogen-bond donors (Lipinski definition) is 1. The van der Waals surface area contributed by atoms with Gasteiger partial charge in [-0.2, -0.15) is 0 Å². The number of rotatable bonds is 3. The zero-order valence-electron chi connectivity index (χ0n) is 7.21. The van der Waals surface area contributed by atoms with E-state index in [1.54, 1.807) is 18.2 Å². The Morgan fingerprint density at radius 3 is 2.85 bits per heavy atom. The Labute approximate surface area is 81.4 Å². The number of nitrogen functional groups attached to an aromatic ring is 1. The molecular formula is C9H10ClNO2. The number of halogens is 1. The first-order valence-corrected chi connectivity index (χ1v) is 4.10. The van der Waals surface area contributed by atoms with Crippen molar-refractivity contribution in [2.75, 3.05) is 19.5 Å². The van der Waals surface area contributed by atoms with E-state index in [0.29, 0.717) is 16.3 Å². The molecule has 0 heterocycles. The second-order valence-electron chi connectivity index (χ2n) is 2.60. The molecule has 13 heavy (non-hydrogen) atoms. The summed E-state index contributed by atoms with van der Waals surface area (Å²) in [5.41, 5.74) is 6.46. The fraction of sp³-hybridized carbons (Fsp3) is 0.222. The number of methoxy groups -OCH3 is 1. The van der Waals surface area contributed by atoms with Crippen molar-refractivity contribution >= 4 is 23.1 Å². The van der Waals surface area contributed by atoms with E-state index >= 15 is 0 Å². The molecule has 0 aliphatic rings. The van der Waals surface area contributed by atoms with Crippen molar-refractivity contribution < 1.29 is 9.53 Å². The van der Waals surface area contributed by atoms with E-state index in [-0.39, 0.29) is 12.4 Å². The Morgan fingerprint density at radius 1 is 1.62 bits per heavy atom. The first kappa shape index (κ1) is 10.0. The standard InChI is InChI=1S/C9H10ClNO2/c1-13-5-9(12)7-3-2-6(11)4-8(7)10/h2-4H,5,11H2,1H3. The normalized spacial score (nSPS) is 10.0. The maximum atomic E-state index is 11.3. The lowest BCUT2D eigenvalue weighted by atomic mass is 10.1. The lowest BCUT2D eigenvalue weighted by Gasteiger charge is -2.02. The first-order chi connectivity index (χ1) is 6.15. The van der Waals surface area contributed by atoms with Gasteiger partial charge in [-0.15, -0.1) is 0 Å². The highest BCUT2D eigenvalue weighted by Gasteiger charge is 2.09. The largest absolute Gasteiger partial charge is 0.399 e. The maximum Gasteiger partial charge on any atom is 0.189 e. The van der Waals surface area contributed by atoms with Crippen molar-refractivity contribution in [3.63, 3.8) is 0 Å². The number of ketones is 1. The number of carbonyl (C=O) groups excluding carboxylic acids is 1. The van der Waals surface area contributed by atoms with Crippen molar-refractivity contribution in [3.8, 4) is 0 Å². The zero-order valence-corrected chi connectivity index (χ0v) is 7.97. The number of Topliss-reactive ketones (excluding diaryl/α,β-unsaturated/α-hetero) is 1. The van der Waals surface area contributed by atoms with Crippen LogP contribution in [0.25, 0.3) is 0 Å². The molecule has 0 amide bonds. The predicted octanol–water partition coefficient (Wildman–Crippen LogP) is 1.75. The van der Waals surface area contributed by atoms with Crippen molar-refractivity contribution in [1.82, 2.24) is 0 Å². The van der Waals surface area contributed by atoms with Crippen LogP contribution in [0.1, 0.15) is 10.4 Å². The summed E-state index contributed by atoms with van der Waals surface area (Å²) in [7, 11) is 1.46. The Kier molecular flexibility index (Phi) is 3.28. The third-order valence-electron chi connectivity index (χ3n) is 1.57. The van der Waals surface area contributed by atoms with E-state index in [0.717, 1.165) is 0 Å². The molecule has 0 aliphatic carbocycles. The predicted molar refractivity (Wildman–Crippen MR) is 52.1 cm³/mol. The zero-order chi connectivity index (χ0) is 9.84. The topological polar surface area (TPSA) is 52.3 Å². The Bertz CT molecular complexity index is 325. The molecule has 0 aliphatic heterocycles. The molecule has 4 heteroatoms. The molecule has 0 radical (unpaired) electrons. The molecule has 1 aromatic carbocycles. The lowest BCUT2D eigenvalue weighted by molar-refractivity contribution is 0.0848. The van der Waals surface area contributed by atoms with E-state index in [2.05, 4.69) is 0 Å². The number of nitrogens with two attached hydrogens (primary N) is 1. The van der Waals surface area contributed by atoms with Crippen molar-refractivity contribution in [1.29, 1.82) is 0 Å². The van der Waals surface area contributed by atoms with Crippen molar-refractivity contribution in [2.45, 2.75) is 0 Å². The molecule has 0 spiro atoms. The molecule has 0 saturated heterocycles. The van der Waals surface area contributed by atoms with Gasteiger partial charge in [0.1, 0.15) is 6.61 Å². The summed E-state index contributed by atoms with van der Waals surface area (Å²) >= 11 is 5.80. The van der Waals surface area contributed by atoms with Gasteiger partial charge in [0.15, 0.2) is 5.78 Å². The molecule has 0 bridgehead atoms. The highest BCUT2D eigenvalue weighted by molar-refractivity contribution is 6.34. The van der Waals surface area contributed by atoms with Crippen LogP contribution < -0.4 is 5.73 Å². The Balaban J connectivity index is 2.95. The van der Waals surface area contributed by atoms with Gasteiger partial charge >= 0.3 is 0 Å². The summed E-state index contributed by atoms with van der Waals surface area (Å²) in [6.45, 7) is 0.0314. The number of carbonyl (C=O) groups is 1. The summed E-state index contributed by atoms with van der Waals surface area (Å²) in [5, 5.41) is 0.363. The smallest absolute Gasteiger partial charge is 0.189 e. The Morgan fingerprint density at radius 2 is 2.31 bits per heavy atom. The van der Waals surface area contributed by atoms with Crippen LogP contribution in [-0.4, -0.2) is 19.5 Å². The van der Waals surface area contributed by atoms with Gasteiger partial charge < -0.3 is 10.5 Å². The van der Waals surface area contributed by atoms with Gasteiger partial charge in [0, 0.05) is 18.4 Å². The molecule has 0 fully saturated rings. The monoisotopic (exact) mass is 199 g/mol. The average molecular weight is 200 g/mol. The molecule has 3 nitrogen and oxygen atoms in total. The van der Waals surface area contributed by atoms with E-state index in [4.69, 9.17) is 22.1 Å².